The standard InChI is InChI=1S/C13H10F4N4O2/c14-9-11(10(15)13(17)20-12(9)16)19-6-5-18-7-1-3-8(4-2-7)21(22)23/h1-4,18H,5-6H2,(H,19,20). The largest absolute Gasteiger partial charge is 0.383 e. The lowest BCUT2D eigenvalue weighted by atomic mass is 10.3. The number of nitrogens with one attached hydrogen (secondary N) is 2. The smallest absolute Gasteiger partial charge is 0.269 e. The predicted octanol–water partition coefficient (Wildman–Crippen LogP) is 3.07. The molecule has 0 aliphatic rings. The Morgan fingerprint density at radius 3 is 2.00 bits per heavy atom. The van der Waals surface area contributed by atoms with Crippen molar-refractivity contribution in [1.29, 1.82) is 0 Å². The highest BCUT2D eigenvalue weighted by Crippen LogP contribution is 2.21. The Hall–Kier alpha value is -2.91. The van der Waals surface area contributed by atoms with Gasteiger partial charge in [0.2, 0.25) is 11.6 Å². The number of nitrogens with zero attached hydrogens (tertiary/aromatic N) is 2. The van der Waals surface area contributed by atoms with Gasteiger partial charge < -0.3 is 10.6 Å². The van der Waals surface area contributed by atoms with Crippen LogP contribution >= 0.6 is 0 Å². The van der Waals surface area contributed by atoms with E-state index in [1.807, 2.05) is 0 Å². The van der Waals surface area contributed by atoms with Crippen molar-refractivity contribution in [3.05, 3.63) is 57.9 Å². The lowest BCUT2D eigenvalue weighted by molar-refractivity contribution is -0.384. The van der Waals surface area contributed by atoms with Crippen molar-refractivity contribution >= 4 is 17.1 Å². The Balaban J connectivity index is 1.92. The normalized spacial score (nSPS) is 10.4. The lowest BCUT2D eigenvalue weighted by Crippen LogP contribution is -2.17. The van der Waals surface area contributed by atoms with Gasteiger partial charge in [0.25, 0.3) is 17.6 Å². The first kappa shape index (κ1) is 16.5. The van der Waals surface area contributed by atoms with E-state index in [0.717, 1.165) is 0 Å². The van der Waals surface area contributed by atoms with E-state index in [1.165, 1.54) is 24.3 Å². The fourth-order valence-corrected chi connectivity index (χ4v) is 1.74. The monoisotopic (exact) mass is 330 g/mol. The lowest BCUT2D eigenvalue weighted by Gasteiger charge is -2.10. The number of halogens is 4. The van der Waals surface area contributed by atoms with E-state index < -0.39 is 34.1 Å². The fourth-order valence-electron chi connectivity index (χ4n) is 1.74. The number of hydrogen-bond donors (Lipinski definition) is 2. The Morgan fingerprint density at radius 2 is 1.48 bits per heavy atom. The molecule has 23 heavy (non-hydrogen) atoms. The molecule has 0 bridgehead atoms. The zero-order valence-corrected chi connectivity index (χ0v) is 11.4. The molecular formula is C13H10F4N4O2. The van der Waals surface area contributed by atoms with E-state index in [2.05, 4.69) is 15.6 Å². The molecule has 2 N–H and O–H groups in total. The summed E-state index contributed by atoms with van der Waals surface area (Å²) < 4.78 is 52.4. The molecule has 0 spiro atoms. The van der Waals surface area contributed by atoms with Crippen molar-refractivity contribution < 1.29 is 22.5 Å². The predicted molar refractivity (Wildman–Crippen MR) is 74.1 cm³/mol. The molecule has 1 aromatic carbocycles. The fraction of sp³-hybridized carbons (Fsp3) is 0.154. The van der Waals surface area contributed by atoms with Gasteiger partial charge in [-0.3, -0.25) is 10.1 Å². The Labute approximate surface area is 127 Å². The molecule has 0 radical (unpaired) electrons. The molecule has 2 rings (SSSR count). The third kappa shape index (κ3) is 3.84. The van der Waals surface area contributed by atoms with Gasteiger partial charge in [-0.2, -0.15) is 22.5 Å². The summed E-state index contributed by atoms with van der Waals surface area (Å²) in [4.78, 5) is 12.4. The summed E-state index contributed by atoms with van der Waals surface area (Å²) in [6.07, 6.45) is 0. The van der Waals surface area contributed by atoms with Crippen LogP contribution < -0.4 is 10.6 Å². The van der Waals surface area contributed by atoms with Crippen LogP contribution in [0.5, 0.6) is 0 Å². The summed E-state index contributed by atoms with van der Waals surface area (Å²) in [5.74, 6) is -6.71. The van der Waals surface area contributed by atoms with Gasteiger partial charge in [0, 0.05) is 30.9 Å². The second-order valence-corrected chi connectivity index (χ2v) is 4.35. The Morgan fingerprint density at radius 1 is 0.957 bits per heavy atom. The van der Waals surface area contributed by atoms with E-state index >= 15 is 0 Å². The van der Waals surface area contributed by atoms with Crippen LogP contribution in [0.25, 0.3) is 0 Å². The molecule has 0 saturated heterocycles. The summed E-state index contributed by atoms with van der Waals surface area (Å²) in [6, 6.07) is 5.46. The molecule has 10 heteroatoms. The first-order valence-electron chi connectivity index (χ1n) is 6.32. The summed E-state index contributed by atoms with van der Waals surface area (Å²) in [7, 11) is 0. The quantitative estimate of drug-likeness (QED) is 0.280. The van der Waals surface area contributed by atoms with Crippen LogP contribution in [-0.2, 0) is 0 Å². The summed E-state index contributed by atoms with van der Waals surface area (Å²) >= 11 is 0. The highest BCUT2D eigenvalue weighted by atomic mass is 19.2. The van der Waals surface area contributed by atoms with Crippen LogP contribution in [0.15, 0.2) is 24.3 Å². The number of nitro benzene ring substituents is 1. The van der Waals surface area contributed by atoms with E-state index in [-0.39, 0.29) is 18.8 Å². The van der Waals surface area contributed by atoms with Gasteiger partial charge in [0.05, 0.1) is 4.92 Å². The topological polar surface area (TPSA) is 80.1 Å². The van der Waals surface area contributed by atoms with Crippen molar-refractivity contribution in [3.63, 3.8) is 0 Å². The Kier molecular flexibility index (Phi) is 4.94. The second kappa shape index (κ2) is 6.90. The van der Waals surface area contributed by atoms with Gasteiger partial charge in [0.15, 0.2) is 0 Å². The van der Waals surface area contributed by atoms with Crippen LogP contribution in [0.1, 0.15) is 0 Å². The van der Waals surface area contributed by atoms with Crippen LogP contribution in [-0.4, -0.2) is 23.0 Å². The highest BCUT2D eigenvalue weighted by molar-refractivity contribution is 5.49. The number of hydrogen-bond acceptors (Lipinski definition) is 5. The van der Waals surface area contributed by atoms with E-state index in [0.29, 0.717) is 5.69 Å². The molecule has 0 aliphatic heterocycles. The SMILES string of the molecule is O=[N+]([O-])c1ccc(NCCNc2c(F)c(F)nc(F)c2F)cc1. The minimum Gasteiger partial charge on any atom is -0.383 e. The van der Waals surface area contributed by atoms with Gasteiger partial charge >= 0.3 is 0 Å². The molecule has 122 valence electrons. The minimum atomic E-state index is -1.74. The number of benzene rings is 1. The van der Waals surface area contributed by atoms with E-state index in [9.17, 15) is 27.7 Å². The third-order valence-corrected chi connectivity index (χ3v) is 2.83. The molecule has 2 aromatic rings. The molecule has 0 atom stereocenters. The molecule has 0 amide bonds. The van der Waals surface area contributed by atoms with Crippen molar-refractivity contribution in [2.45, 2.75) is 0 Å². The van der Waals surface area contributed by atoms with Crippen LogP contribution in [0.2, 0.25) is 0 Å². The summed E-state index contributed by atoms with van der Waals surface area (Å²) in [5.41, 5.74) is -0.494. The van der Waals surface area contributed by atoms with Crippen molar-refractivity contribution in [2.24, 2.45) is 0 Å². The van der Waals surface area contributed by atoms with Gasteiger partial charge in [-0.1, -0.05) is 0 Å². The average Bonchev–Trinajstić information content (AvgIpc) is 2.52. The molecule has 1 heterocycles. The number of pyridine rings is 1. The zero-order chi connectivity index (χ0) is 17.0. The number of non-ortho nitro benzene ring substituents is 1. The van der Waals surface area contributed by atoms with Gasteiger partial charge in [-0.05, 0) is 12.1 Å². The first-order chi connectivity index (χ1) is 10.9. The first-order valence-corrected chi connectivity index (χ1v) is 6.32. The minimum absolute atomic E-state index is 0.0618. The van der Waals surface area contributed by atoms with Crippen molar-refractivity contribution in [3.8, 4) is 0 Å². The highest BCUT2D eigenvalue weighted by Gasteiger charge is 2.20. The molecular weight excluding hydrogens is 320 g/mol. The zero-order valence-electron chi connectivity index (χ0n) is 11.4. The molecule has 0 fully saturated rings. The number of anilines is 2. The van der Waals surface area contributed by atoms with Gasteiger partial charge in [0.1, 0.15) is 5.69 Å². The molecule has 0 unspecified atom stereocenters. The molecule has 0 saturated carbocycles. The van der Waals surface area contributed by atoms with Crippen molar-refractivity contribution in [2.75, 3.05) is 23.7 Å². The maximum atomic E-state index is 13.3. The van der Waals surface area contributed by atoms with E-state index in [4.69, 9.17) is 0 Å². The van der Waals surface area contributed by atoms with E-state index in [1.54, 1.807) is 0 Å². The third-order valence-electron chi connectivity index (χ3n) is 2.83. The van der Waals surface area contributed by atoms with Crippen LogP contribution in [0, 0.1) is 33.6 Å². The van der Waals surface area contributed by atoms with Gasteiger partial charge in [-0.25, -0.2) is 0 Å². The number of aromatic nitrogens is 1. The molecule has 1 aromatic heterocycles. The number of rotatable bonds is 6. The second-order valence-electron chi connectivity index (χ2n) is 4.35. The maximum absolute atomic E-state index is 13.3. The molecule has 6 nitrogen and oxygen atoms in total. The van der Waals surface area contributed by atoms with Gasteiger partial charge in [-0.15, -0.1) is 0 Å². The number of nitro groups is 1. The average molecular weight is 330 g/mol. The van der Waals surface area contributed by atoms with Crippen LogP contribution in [0.4, 0.5) is 34.6 Å². The summed E-state index contributed by atoms with van der Waals surface area (Å²) in [5, 5.41) is 15.5. The maximum Gasteiger partial charge on any atom is 0.269 e. The Bertz CT molecular complexity index is 699. The van der Waals surface area contributed by atoms with Crippen LogP contribution in [0.3, 0.4) is 0 Å². The van der Waals surface area contributed by atoms with Crippen molar-refractivity contribution in [1.82, 2.24) is 4.98 Å². The summed E-state index contributed by atoms with van der Waals surface area (Å²) in [6.45, 7) is 0.0793. The molecule has 0 aliphatic carbocycles.